The van der Waals surface area contributed by atoms with E-state index in [0.717, 1.165) is 0 Å². The van der Waals surface area contributed by atoms with Gasteiger partial charge in [0.1, 0.15) is 6.61 Å². The van der Waals surface area contributed by atoms with Crippen molar-refractivity contribution in [1.29, 1.82) is 0 Å². The summed E-state index contributed by atoms with van der Waals surface area (Å²) in [6, 6.07) is 0. The first-order chi connectivity index (χ1) is 9.06. The largest absolute Gasteiger partial charge is 0.748 e. The maximum Gasteiger partial charge on any atom is 0.340 e. The number of carbonyl (C=O) groups is 1. The van der Waals surface area contributed by atoms with E-state index in [-0.39, 0.29) is 5.56 Å². The molecule has 0 saturated carbocycles. The van der Waals surface area contributed by atoms with Gasteiger partial charge in [-0.2, -0.15) is 0 Å². The van der Waals surface area contributed by atoms with Crippen LogP contribution in [0.5, 0.6) is 0 Å². The van der Waals surface area contributed by atoms with Crippen molar-refractivity contribution in [2.24, 2.45) is 0 Å². The second kappa shape index (κ2) is 7.51. The molecule has 0 aliphatic rings. The van der Waals surface area contributed by atoms with E-state index in [1.54, 1.807) is 0 Å². The minimum atomic E-state index is -4.42. The molecule has 112 valence electrons. The van der Waals surface area contributed by atoms with Crippen LogP contribution < -0.4 is 0 Å². The Morgan fingerprint density at radius 1 is 0.950 bits per heavy atom. The minimum absolute atomic E-state index is 0.162. The van der Waals surface area contributed by atoms with E-state index in [0.29, 0.717) is 22.4 Å². The molecule has 0 amide bonds. The maximum atomic E-state index is 12.0. The van der Waals surface area contributed by atoms with E-state index in [4.69, 9.17) is 4.74 Å². The van der Waals surface area contributed by atoms with Gasteiger partial charge in [0, 0.05) is 22.4 Å². The molecule has 0 saturated heterocycles. The Labute approximate surface area is 157 Å². The van der Waals surface area contributed by atoms with Crippen LogP contribution >= 0.6 is 79.6 Å². The highest BCUT2D eigenvalue weighted by Gasteiger charge is 2.23. The molecule has 0 atom stereocenters. The Kier molecular flexibility index (Phi) is 7.16. The lowest BCUT2D eigenvalue weighted by atomic mass is 10.2. The number of esters is 1. The Balaban J connectivity index is 3.06. The maximum absolute atomic E-state index is 12.0. The molecule has 0 aliphatic heterocycles. The van der Waals surface area contributed by atoms with Gasteiger partial charge in [-0.1, -0.05) is 0 Å². The van der Waals surface area contributed by atoms with Gasteiger partial charge in [-0.15, -0.1) is 0 Å². The fourth-order valence-corrected chi connectivity index (χ4v) is 4.75. The molecule has 1 rings (SSSR count). The van der Waals surface area contributed by atoms with Crippen LogP contribution in [0.15, 0.2) is 22.4 Å². The topological polar surface area (TPSA) is 83.5 Å². The molecular formula is C9H4Br5O5S-. The van der Waals surface area contributed by atoms with Gasteiger partial charge in [0.15, 0.2) is 0 Å². The molecule has 0 heterocycles. The van der Waals surface area contributed by atoms with E-state index >= 15 is 0 Å². The first-order valence-corrected chi connectivity index (χ1v) is 10.2. The first-order valence-electron chi connectivity index (χ1n) is 4.68. The van der Waals surface area contributed by atoms with Gasteiger partial charge in [-0.05, 0) is 79.6 Å². The summed E-state index contributed by atoms with van der Waals surface area (Å²) in [6.45, 7) is -0.505. The monoisotopic (exact) mass is 619 g/mol. The highest BCUT2D eigenvalue weighted by molar-refractivity contribution is 9.15. The number of ether oxygens (including phenoxy) is 1. The van der Waals surface area contributed by atoms with Crippen molar-refractivity contribution in [1.82, 2.24) is 0 Å². The number of halogens is 5. The summed E-state index contributed by atoms with van der Waals surface area (Å²) >= 11 is 16.4. The lowest BCUT2D eigenvalue weighted by Crippen LogP contribution is -2.16. The van der Waals surface area contributed by atoms with E-state index in [1.807, 2.05) is 0 Å². The van der Waals surface area contributed by atoms with E-state index in [1.165, 1.54) is 0 Å². The van der Waals surface area contributed by atoms with Gasteiger partial charge in [0.05, 0.1) is 21.4 Å². The predicted octanol–water partition coefficient (Wildman–Crippen LogP) is 4.20. The van der Waals surface area contributed by atoms with Crippen LogP contribution in [0.3, 0.4) is 0 Å². The van der Waals surface area contributed by atoms with Crippen molar-refractivity contribution in [2.45, 2.75) is 0 Å². The molecule has 0 spiro atoms. The smallest absolute Gasteiger partial charge is 0.340 e. The van der Waals surface area contributed by atoms with E-state index in [2.05, 4.69) is 79.6 Å². The molecule has 0 unspecified atom stereocenters. The standard InChI is InChI=1S/C9H5Br5O5S/c10-4-3(5(11)7(13)8(14)6(4)12)9(15)19-1-2-20(16,17)18/h1-2H2,(H,16,17,18)/p-1. The summed E-state index contributed by atoms with van der Waals surface area (Å²) in [5.74, 6) is -1.53. The van der Waals surface area contributed by atoms with E-state index < -0.39 is 28.4 Å². The Morgan fingerprint density at radius 3 is 1.75 bits per heavy atom. The normalized spacial score (nSPS) is 11.5. The summed E-state index contributed by atoms with van der Waals surface area (Å²) in [5, 5.41) is 0. The highest BCUT2D eigenvalue weighted by atomic mass is 79.9. The van der Waals surface area contributed by atoms with Gasteiger partial charge in [0.25, 0.3) is 0 Å². The number of hydrogen-bond acceptors (Lipinski definition) is 5. The molecule has 20 heavy (non-hydrogen) atoms. The van der Waals surface area contributed by atoms with Crippen molar-refractivity contribution < 1.29 is 22.5 Å². The molecular weight excluding hydrogens is 620 g/mol. The van der Waals surface area contributed by atoms with Crippen molar-refractivity contribution in [3.63, 3.8) is 0 Å². The average Bonchev–Trinajstić information content (AvgIpc) is 2.32. The highest BCUT2D eigenvalue weighted by Crippen LogP contribution is 2.44. The summed E-state index contributed by atoms with van der Waals surface area (Å²) in [4.78, 5) is 12.0. The molecule has 5 nitrogen and oxygen atoms in total. The van der Waals surface area contributed by atoms with Crippen LogP contribution in [0.25, 0.3) is 0 Å². The number of hydrogen-bond donors (Lipinski definition) is 0. The number of carbonyl (C=O) groups excluding carboxylic acids is 1. The van der Waals surface area contributed by atoms with Gasteiger partial charge in [-0.25, -0.2) is 13.2 Å². The number of rotatable bonds is 4. The molecule has 0 aliphatic carbocycles. The molecule has 0 aromatic heterocycles. The summed E-state index contributed by atoms with van der Waals surface area (Å²) < 4.78 is 38.8. The Hall–Kier alpha value is 1.000. The summed E-state index contributed by atoms with van der Waals surface area (Å²) in [7, 11) is -4.42. The van der Waals surface area contributed by atoms with Crippen molar-refractivity contribution in [3.05, 3.63) is 27.9 Å². The zero-order valence-corrected chi connectivity index (χ0v) is 18.0. The van der Waals surface area contributed by atoms with E-state index in [9.17, 15) is 17.8 Å². The third-order valence-electron chi connectivity index (χ3n) is 1.98. The van der Waals surface area contributed by atoms with Crippen LogP contribution in [0.2, 0.25) is 0 Å². The average molecular weight is 624 g/mol. The zero-order chi connectivity index (χ0) is 15.7. The quantitative estimate of drug-likeness (QED) is 0.217. The second-order valence-corrected chi connectivity index (χ2v) is 8.83. The van der Waals surface area contributed by atoms with Gasteiger partial charge in [0.2, 0.25) is 0 Å². The fraction of sp³-hybridized carbons (Fsp3) is 0.222. The summed E-state index contributed by atoms with van der Waals surface area (Å²) in [5.41, 5.74) is 0.162. The SMILES string of the molecule is O=C(OCCS(=O)(=O)[O-])c1c(Br)c(Br)c(Br)c(Br)c1Br. The van der Waals surface area contributed by atoms with Crippen molar-refractivity contribution >= 4 is 95.7 Å². The Morgan fingerprint density at radius 2 is 1.35 bits per heavy atom. The molecule has 1 aromatic rings. The van der Waals surface area contributed by atoms with Gasteiger partial charge >= 0.3 is 5.97 Å². The third kappa shape index (κ3) is 4.75. The Bertz CT molecular complexity index is 628. The molecule has 0 radical (unpaired) electrons. The fourth-order valence-electron chi connectivity index (χ4n) is 1.09. The molecule has 1 aromatic carbocycles. The molecule has 11 heteroatoms. The summed E-state index contributed by atoms with van der Waals surface area (Å²) in [6.07, 6.45) is 0. The first kappa shape index (κ1) is 19.0. The minimum Gasteiger partial charge on any atom is -0.748 e. The molecule has 0 N–H and O–H groups in total. The van der Waals surface area contributed by atoms with Crippen LogP contribution in [0.1, 0.15) is 10.4 Å². The van der Waals surface area contributed by atoms with Crippen molar-refractivity contribution in [2.75, 3.05) is 12.4 Å². The third-order valence-corrected chi connectivity index (χ3v) is 8.74. The van der Waals surface area contributed by atoms with Gasteiger partial charge < -0.3 is 9.29 Å². The lowest BCUT2D eigenvalue weighted by molar-refractivity contribution is 0.0525. The zero-order valence-electron chi connectivity index (χ0n) is 9.25. The van der Waals surface area contributed by atoms with Crippen molar-refractivity contribution in [3.8, 4) is 0 Å². The lowest BCUT2D eigenvalue weighted by Gasteiger charge is -2.13. The number of benzene rings is 1. The van der Waals surface area contributed by atoms with Gasteiger partial charge in [-0.3, -0.25) is 0 Å². The second-order valence-electron chi connectivity index (χ2n) is 3.34. The van der Waals surface area contributed by atoms with Crippen LogP contribution in [0, 0.1) is 0 Å². The molecule has 0 bridgehead atoms. The molecule has 0 fully saturated rings. The predicted molar refractivity (Wildman–Crippen MR) is 89.8 cm³/mol. The van der Waals surface area contributed by atoms with Crippen LogP contribution in [-0.4, -0.2) is 31.3 Å². The van der Waals surface area contributed by atoms with Crippen LogP contribution in [-0.2, 0) is 14.9 Å². The van der Waals surface area contributed by atoms with Crippen LogP contribution in [0.4, 0.5) is 0 Å².